The number of H-pyrrole nitrogens is 1. The van der Waals surface area contributed by atoms with Gasteiger partial charge in [-0.1, -0.05) is 0 Å². The summed E-state index contributed by atoms with van der Waals surface area (Å²) < 4.78 is 0. The molecule has 0 spiro atoms. The van der Waals surface area contributed by atoms with Gasteiger partial charge in [-0.05, 0) is 37.8 Å². The van der Waals surface area contributed by atoms with Crippen molar-refractivity contribution < 1.29 is 9.90 Å². The first-order valence-corrected chi connectivity index (χ1v) is 4.99. The molecular weight excluding hydrogens is 178 g/mol. The van der Waals surface area contributed by atoms with E-state index in [1.54, 1.807) is 0 Å². The summed E-state index contributed by atoms with van der Waals surface area (Å²) in [6.07, 6.45) is 2.35. The van der Waals surface area contributed by atoms with Crippen LogP contribution in [0, 0.1) is 19.8 Å². The van der Waals surface area contributed by atoms with Crippen LogP contribution in [-0.2, 0) is 17.6 Å². The lowest BCUT2D eigenvalue weighted by atomic mass is 9.86. The molecular formula is C11H15NO2. The fourth-order valence-electron chi connectivity index (χ4n) is 2.24. The molecule has 76 valence electrons. The van der Waals surface area contributed by atoms with Gasteiger partial charge in [0.05, 0.1) is 5.92 Å². The summed E-state index contributed by atoms with van der Waals surface area (Å²) in [4.78, 5) is 14.1. The Labute approximate surface area is 83.1 Å². The van der Waals surface area contributed by atoms with Gasteiger partial charge in [-0.25, -0.2) is 0 Å². The normalized spacial score (nSPS) is 20.6. The maximum atomic E-state index is 10.8. The average molecular weight is 193 g/mol. The number of carboxylic acids is 1. The van der Waals surface area contributed by atoms with Crippen molar-refractivity contribution in [3.8, 4) is 0 Å². The number of carbonyl (C=O) groups is 1. The topological polar surface area (TPSA) is 53.1 Å². The van der Waals surface area contributed by atoms with E-state index in [-0.39, 0.29) is 5.92 Å². The highest BCUT2D eigenvalue weighted by atomic mass is 16.4. The van der Waals surface area contributed by atoms with Crippen molar-refractivity contribution in [1.29, 1.82) is 0 Å². The molecule has 1 atom stereocenters. The van der Waals surface area contributed by atoms with Crippen molar-refractivity contribution in [1.82, 2.24) is 4.98 Å². The molecule has 0 radical (unpaired) electrons. The Balaban J connectivity index is 2.31. The minimum absolute atomic E-state index is 0.194. The monoisotopic (exact) mass is 193 g/mol. The molecule has 1 aromatic heterocycles. The van der Waals surface area contributed by atoms with Crippen molar-refractivity contribution in [3.05, 3.63) is 22.5 Å². The third kappa shape index (κ3) is 1.33. The van der Waals surface area contributed by atoms with Gasteiger partial charge in [0.15, 0.2) is 0 Å². The van der Waals surface area contributed by atoms with Gasteiger partial charge < -0.3 is 10.1 Å². The highest BCUT2D eigenvalue weighted by Gasteiger charge is 2.26. The molecule has 0 saturated carbocycles. The van der Waals surface area contributed by atoms with Crippen LogP contribution in [0.4, 0.5) is 0 Å². The molecule has 1 heterocycles. The Bertz CT molecular complexity index is 379. The van der Waals surface area contributed by atoms with Crippen LogP contribution in [0.2, 0.25) is 0 Å². The van der Waals surface area contributed by atoms with Gasteiger partial charge in [0, 0.05) is 17.8 Å². The van der Waals surface area contributed by atoms with Crippen LogP contribution in [0.5, 0.6) is 0 Å². The summed E-state index contributed by atoms with van der Waals surface area (Å²) in [6.45, 7) is 4.15. The lowest BCUT2D eigenvalue weighted by Crippen LogP contribution is -2.22. The van der Waals surface area contributed by atoms with Crippen molar-refractivity contribution in [3.63, 3.8) is 0 Å². The number of fused-ring (bicyclic) bond motifs is 1. The Hall–Kier alpha value is -1.25. The minimum atomic E-state index is -0.666. The largest absolute Gasteiger partial charge is 0.481 e. The van der Waals surface area contributed by atoms with Crippen LogP contribution in [0.25, 0.3) is 0 Å². The molecule has 0 aliphatic heterocycles. The molecule has 2 N–H and O–H groups in total. The zero-order valence-electron chi connectivity index (χ0n) is 8.55. The van der Waals surface area contributed by atoms with Gasteiger partial charge in [0.2, 0.25) is 0 Å². The Morgan fingerprint density at radius 3 is 2.86 bits per heavy atom. The van der Waals surface area contributed by atoms with Crippen LogP contribution in [0.1, 0.15) is 28.9 Å². The Kier molecular flexibility index (Phi) is 2.10. The molecule has 0 amide bonds. The van der Waals surface area contributed by atoms with Crippen LogP contribution >= 0.6 is 0 Å². The highest BCUT2D eigenvalue weighted by molar-refractivity contribution is 5.71. The van der Waals surface area contributed by atoms with Gasteiger partial charge in [0.1, 0.15) is 0 Å². The van der Waals surface area contributed by atoms with E-state index in [0.717, 1.165) is 18.5 Å². The first-order valence-electron chi connectivity index (χ1n) is 4.99. The molecule has 14 heavy (non-hydrogen) atoms. The zero-order chi connectivity index (χ0) is 10.3. The minimum Gasteiger partial charge on any atom is -0.481 e. The van der Waals surface area contributed by atoms with Gasteiger partial charge in [-0.2, -0.15) is 0 Å². The van der Waals surface area contributed by atoms with Crippen LogP contribution in [0.3, 0.4) is 0 Å². The number of aromatic nitrogens is 1. The molecule has 2 rings (SSSR count). The fraction of sp³-hybridized carbons (Fsp3) is 0.545. The molecule has 0 fully saturated rings. The smallest absolute Gasteiger partial charge is 0.306 e. The van der Waals surface area contributed by atoms with Crippen molar-refractivity contribution >= 4 is 5.97 Å². The molecule has 1 aliphatic carbocycles. The summed E-state index contributed by atoms with van der Waals surface area (Å²) in [6, 6.07) is 0. The van der Waals surface area contributed by atoms with Gasteiger partial charge in [-0.3, -0.25) is 4.79 Å². The number of hydrogen-bond donors (Lipinski definition) is 2. The highest BCUT2D eigenvalue weighted by Crippen LogP contribution is 2.29. The van der Waals surface area contributed by atoms with E-state index in [4.69, 9.17) is 5.11 Å². The van der Waals surface area contributed by atoms with Crippen LogP contribution < -0.4 is 0 Å². The SMILES string of the molecule is Cc1[nH]c2c(c1C)CCC(C(=O)O)C2. The summed E-state index contributed by atoms with van der Waals surface area (Å²) in [5.41, 5.74) is 4.98. The lowest BCUT2D eigenvalue weighted by molar-refractivity contribution is -0.142. The average Bonchev–Trinajstić information content (AvgIpc) is 2.42. The van der Waals surface area contributed by atoms with E-state index >= 15 is 0 Å². The van der Waals surface area contributed by atoms with Gasteiger partial charge in [0.25, 0.3) is 0 Å². The number of hydrogen-bond acceptors (Lipinski definition) is 1. The van der Waals surface area contributed by atoms with Crippen LogP contribution in [0.15, 0.2) is 0 Å². The standard InChI is InChI=1S/C11H15NO2/c1-6-7(2)12-10-5-8(11(13)14)3-4-9(6)10/h8,12H,3-5H2,1-2H3,(H,13,14). The molecule has 0 aromatic carbocycles. The molecule has 0 bridgehead atoms. The molecule has 3 heteroatoms. The quantitative estimate of drug-likeness (QED) is 0.714. The third-order valence-electron chi connectivity index (χ3n) is 3.26. The number of aliphatic carboxylic acids is 1. The number of carboxylic acid groups (broad SMARTS) is 1. The van der Waals surface area contributed by atoms with E-state index < -0.39 is 5.97 Å². The van der Waals surface area contributed by atoms with Crippen molar-refractivity contribution in [2.24, 2.45) is 5.92 Å². The van der Waals surface area contributed by atoms with Gasteiger partial charge >= 0.3 is 5.97 Å². The number of aromatic amines is 1. The molecule has 1 aromatic rings. The number of nitrogens with one attached hydrogen (secondary N) is 1. The summed E-state index contributed by atoms with van der Waals surface area (Å²) >= 11 is 0. The maximum absolute atomic E-state index is 10.8. The summed E-state index contributed by atoms with van der Waals surface area (Å²) in [5.74, 6) is -0.861. The first-order chi connectivity index (χ1) is 6.59. The van der Waals surface area contributed by atoms with E-state index in [0.29, 0.717) is 6.42 Å². The second-order valence-electron chi connectivity index (χ2n) is 4.11. The second kappa shape index (κ2) is 3.15. The van der Waals surface area contributed by atoms with Crippen LogP contribution in [-0.4, -0.2) is 16.1 Å². The predicted molar refractivity (Wildman–Crippen MR) is 53.4 cm³/mol. The third-order valence-corrected chi connectivity index (χ3v) is 3.26. The Morgan fingerprint density at radius 1 is 1.50 bits per heavy atom. The first kappa shape index (κ1) is 9.31. The second-order valence-corrected chi connectivity index (χ2v) is 4.11. The van der Waals surface area contributed by atoms with Crippen molar-refractivity contribution in [2.75, 3.05) is 0 Å². The number of aryl methyl sites for hydroxylation is 1. The molecule has 0 saturated heterocycles. The van der Waals surface area contributed by atoms with E-state index in [1.165, 1.54) is 16.8 Å². The van der Waals surface area contributed by atoms with E-state index in [1.807, 2.05) is 6.92 Å². The molecule has 1 aliphatic rings. The Morgan fingerprint density at radius 2 is 2.21 bits per heavy atom. The summed E-state index contributed by atoms with van der Waals surface area (Å²) in [7, 11) is 0. The van der Waals surface area contributed by atoms with Gasteiger partial charge in [-0.15, -0.1) is 0 Å². The van der Waals surface area contributed by atoms with E-state index in [9.17, 15) is 4.79 Å². The molecule has 3 nitrogen and oxygen atoms in total. The van der Waals surface area contributed by atoms with Crippen molar-refractivity contribution in [2.45, 2.75) is 33.1 Å². The van der Waals surface area contributed by atoms with E-state index in [2.05, 4.69) is 11.9 Å². The number of rotatable bonds is 1. The fourth-order valence-corrected chi connectivity index (χ4v) is 2.24. The summed E-state index contributed by atoms with van der Waals surface area (Å²) in [5, 5.41) is 8.93. The maximum Gasteiger partial charge on any atom is 0.306 e. The predicted octanol–water partition coefficient (Wildman–Crippen LogP) is 1.82. The molecule has 1 unspecified atom stereocenters. The lowest BCUT2D eigenvalue weighted by Gasteiger charge is -2.18. The zero-order valence-corrected chi connectivity index (χ0v) is 8.55.